The summed E-state index contributed by atoms with van der Waals surface area (Å²) in [6.45, 7) is 6.04. The molecule has 33 heavy (non-hydrogen) atoms. The Morgan fingerprint density at radius 3 is 2.64 bits per heavy atom. The van der Waals surface area contributed by atoms with Gasteiger partial charge in [0.25, 0.3) is 0 Å². The minimum Gasteiger partial charge on any atom is -0.490 e. The number of hydrogen-bond acceptors (Lipinski definition) is 5. The molecule has 3 N–H and O–H groups in total. The zero-order chi connectivity index (χ0) is 24.2. The van der Waals surface area contributed by atoms with Gasteiger partial charge in [-0.1, -0.05) is 12.1 Å². The molecule has 1 aromatic rings. The Morgan fingerprint density at radius 2 is 2.03 bits per heavy atom. The molecule has 10 heteroatoms. The third-order valence-corrected chi connectivity index (χ3v) is 6.03. The van der Waals surface area contributed by atoms with Crippen LogP contribution in [0.4, 0.5) is 13.2 Å². The topological polar surface area (TPSA) is 96.9 Å². The van der Waals surface area contributed by atoms with E-state index < -0.39 is 12.1 Å². The zero-order valence-electron chi connectivity index (χ0n) is 18.8. The maximum atomic E-state index is 12.4. The first-order chi connectivity index (χ1) is 15.5. The van der Waals surface area contributed by atoms with Crippen molar-refractivity contribution in [3.63, 3.8) is 0 Å². The molecular weight excluding hydrogens is 441 g/mol. The number of ether oxygens (including phenoxy) is 2. The smallest absolute Gasteiger partial charge is 0.490 e. The molecule has 3 aliphatic heterocycles. The SMILES string of the molecule is CC1Cc2cc(C[C@@H](C)NC(=O)CC3CCCC4(CNC4)O3)ccc2O1.O=C(O)C(F)(F)F. The summed E-state index contributed by atoms with van der Waals surface area (Å²) in [5.41, 5.74) is 2.55. The van der Waals surface area contributed by atoms with Gasteiger partial charge in [0.2, 0.25) is 5.91 Å². The van der Waals surface area contributed by atoms with Gasteiger partial charge in [0.1, 0.15) is 11.9 Å². The van der Waals surface area contributed by atoms with E-state index in [1.807, 2.05) is 0 Å². The fraction of sp³-hybridized carbons (Fsp3) is 0.652. The molecule has 0 aromatic heterocycles. The molecule has 3 aliphatic rings. The van der Waals surface area contributed by atoms with Crippen LogP contribution in [-0.4, -0.2) is 60.1 Å². The Morgan fingerprint density at radius 1 is 1.33 bits per heavy atom. The Bertz CT molecular complexity index is 857. The van der Waals surface area contributed by atoms with Crippen molar-refractivity contribution in [1.29, 1.82) is 0 Å². The summed E-state index contributed by atoms with van der Waals surface area (Å²) in [4.78, 5) is 21.3. The quantitative estimate of drug-likeness (QED) is 0.610. The number of hydrogen-bond donors (Lipinski definition) is 3. The third kappa shape index (κ3) is 7.07. The number of benzene rings is 1. The summed E-state index contributed by atoms with van der Waals surface area (Å²) in [5.74, 6) is -1.65. The van der Waals surface area contributed by atoms with Crippen LogP contribution in [0, 0.1) is 0 Å². The maximum Gasteiger partial charge on any atom is 0.490 e. The Kier molecular flexibility index (Phi) is 7.89. The molecule has 2 unspecified atom stereocenters. The number of rotatable bonds is 5. The fourth-order valence-electron chi connectivity index (χ4n) is 4.48. The van der Waals surface area contributed by atoms with Crippen LogP contribution >= 0.6 is 0 Å². The lowest BCUT2D eigenvalue weighted by Crippen LogP contribution is -2.63. The van der Waals surface area contributed by atoms with Crippen molar-refractivity contribution in [2.75, 3.05) is 13.1 Å². The number of carbonyl (C=O) groups is 2. The molecular formula is C23H31F3N2O5. The van der Waals surface area contributed by atoms with Gasteiger partial charge in [-0.05, 0) is 56.7 Å². The molecule has 184 valence electrons. The van der Waals surface area contributed by atoms with Crippen LogP contribution in [0.1, 0.15) is 50.7 Å². The van der Waals surface area contributed by atoms with E-state index in [-0.39, 0.29) is 29.8 Å². The third-order valence-electron chi connectivity index (χ3n) is 6.03. The number of carboxylic acid groups (broad SMARTS) is 1. The van der Waals surface area contributed by atoms with Crippen molar-refractivity contribution >= 4 is 11.9 Å². The Hall–Kier alpha value is -2.33. The molecule has 1 spiro atoms. The van der Waals surface area contributed by atoms with Gasteiger partial charge in [-0.15, -0.1) is 0 Å². The lowest BCUT2D eigenvalue weighted by molar-refractivity contribution is -0.192. The minimum atomic E-state index is -5.08. The van der Waals surface area contributed by atoms with Crippen molar-refractivity contribution in [1.82, 2.24) is 10.6 Å². The highest BCUT2D eigenvalue weighted by molar-refractivity contribution is 5.76. The number of fused-ring (bicyclic) bond motifs is 1. The van der Waals surface area contributed by atoms with E-state index in [0.717, 1.165) is 50.9 Å². The van der Waals surface area contributed by atoms with Crippen LogP contribution < -0.4 is 15.4 Å². The molecule has 2 saturated heterocycles. The highest BCUT2D eigenvalue weighted by Gasteiger charge is 2.42. The summed E-state index contributed by atoms with van der Waals surface area (Å²) >= 11 is 0. The number of carboxylic acids is 1. The fourth-order valence-corrected chi connectivity index (χ4v) is 4.48. The summed E-state index contributed by atoms with van der Waals surface area (Å²) in [6, 6.07) is 6.50. The van der Waals surface area contributed by atoms with Crippen LogP contribution in [0.2, 0.25) is 0 Å². The van der Waals surface area contributed by atoms with E-state index in [1.165, 1.54) is 11.1 Å². The first kappa shape index (κ1) is 25.3. The normalized spacial score (nSPS) is 23.9. The second kappa shape index (κ2) is 10.3. The Labute approximate surface area is 191 Å². The van der Waals surface area contributed by atoms with Crippen LogP contribution in [0.5, 0.6) is 5.75 Å². The van der Waals surface area contributed by atoms with Gasteiger partial charge in [0, 0.05) is 25.6 Å². The van der Waals surface area contributed by atoms with Gasteiger partial charge >= 0.3 is 12.1 Å². The molecule has 3 heterocycles. The highest BCUT2D eigenvalue weighted by Crippen LogP contribution is 2.33. The lowest BCUT2D eigenvalue weighted by atomic mass is 9.86. The number of amides is 1. The number of aliphatic carboxylic acids is 1. The molecule has 1 aromatic carbocycles. The van der Waals surface area contributed by atoms with Gasteiger partial charge < -0.3 is 25.2 Å². The van der Waals surface area contributed by atoms with Gasteiger partial charge in [-0.2, -0.15) is 13.2 Å². The number of carbonyl (C=O) groups excluding carboxylic acids is 1. The van der Waals surface area contributed by atoms with Crippen molar-refractivity contribution < 1.29 is 37.3 Å². The standard InChI is InChI=1S/C21H30N2O3.C2HF3O2/c1-14(8-16-5-6-19-17(10-16)9-15(2)25-19)23-20(24)11-18-4-3-7-21(26-18)12-22-13-21;3-2(4,5)1(6)7/h5-6,10,14-15,18,22H,3-4,7-9,11-13H2,1-2H3,(H,23,24);(H,6,7)/t14-,15?,18?;/m1./s1. The number of alkyl halides is 3. The summed E-state index contributed by atoms with van der Waals surface area (Å²) in [6.07, 6.45) is 0.805. The summed E-state index contributed by atoms with van der Waals surface area (Å²) in [5, 5.41) is 13.6. The predicted octanol–water partition coefficient (Wildman–Crippen LogP) is 2.99. The van der Waals surface area contributed by atoms with E-state index in [9.17, 15) is 18.0 Å². The van der Waals surface area contributed by atoms with Crippen LogP contribution in [0.25, 0.3) is 0 Å². The van der Waals surface area contributed by atoms with E-state index in [0.29, 0.717) is 6.42 Å². The van der Waals surface area contributed by atoms with E-state index in [4.69, 9.17) is 19.4 Å². The first-order valence-electron chi connectivity index (χ1n) is 11.2. The van der Waals surface area contributed by atoms with Gasteiger partial charge in [0.05, 0.1) is 18.1 Å². The van der Waals surface area contributed by atoms with Crippen molar-refractivity contribution in [2.45, 2.75) is 82.4 Å². The molecule has 0 bridgehead atoms. The molecule has 1 amide bonds. The van der Waals surface area contributed by atoms with Crippen molar-refractivity contribution in [3.8, 4) is 5.75 Å². The predicted molar refractivity (Wildman–Crippen MR) is 114 cm³/mol. The molecule has 4 rings (SSSR count). The molecule has 0 aliphatic carbocycles. The molecule has 0 saturated carbocycles. The zero-order valence-corrected chi connectivity index (χ0v) is 18.8. The maximum absolute atomic E-state index is 12.4. The average molecular weight is 473 g/mol. The summed E-state index contributed by atoms with van der Waals surface area (Å²) < 4.78 is 43.7. The van der Waals surface area contributed by atoms with Crippen molar-refractivity contribution in [3.05, 3.63) is 29.3 Å². The minimum absolute atomic E-state index is 0.0123. The van der Waals surface area contributed by atoms with Crippen LogP contribution in [0.15, 0.2) is 18.2 Å². The van der Waals surface area contributed by atoms with Crippen molar-refractivity contribution in [2.24, 2.45) is 0 Å². The van der Waals surface area contributed by atoms with Gasteiger partial charge in [0.15, 0.2) is 0 Å². The van der Waals surface area contributed by atoms with Gasteiger partial charge in [-0.3, -0.25) is 4.79 Å². The summed E-state index contributed by atoms with van der Waals surface area (Å²) in [7, 11) is 0. The lowest BCUT2D eigenvalue weighted by Gasteiger charge is -2.47. The molecule has 0 radical (unpaired) electrons. The molecule has 2 fully saturated rings. The van der Waals surface area contributed by atoms with E-state index >= 15 is 0 Å². The van der Waals surface area contributed by atoms with Crippen LogP contribution in [0.3, 0.4) is 0 Å². The average Bonchev–Trinajstić information content (AvgIpc) is 3.05. The van der Waals surface area contributed by atoms with E-state index in [1.54, 1.807) is 0 Å². The molecule has 7 nitrogen and oxygen atoms in total. The largest absolute Gasteiger partial charge is 0.490 e. The highest BCUT2D eigenvalue weighted by atomic mass is 19.4. The number of halogens is 3. The second-order valence-corrected chi connectivity index (χ2v) is 9.17. The van der Waals surface area contributed by atoms with Crippen LogP contribution in [-0.2, 0) is 27.2 Å². The Balaban J connectivity index is 0.000000383. The first-order valence-corrected chi connectivity index (χ1v) is 11.2. The van der Waals surface area contributed by atoms with E-state index in [2.05, 4.69) is 42.7 Å². The monoisotopic (exact) mass is 472 g/mol. The van der Waals surface area contributed by atoms with Gasteiger partial charge in [-0.25, -0.2) is 4.79 Å². The molecule has 3 atom stereocenters. The number of nitrogens with one attached hydrogen (secondary N) is 2. The second-order valence-electron chi connectivity index (χ2n) is 9.17.